The SMILES string of the molecule is COCCCN1CCOc2ccc(CO[C@H]3CN(S(=O)(=O)c4ccc(C)cc4)[C@@H](CC(C)(C)OC(=O)N(C)C)C[C@@H]3c3ccc(OC)cc3)cc21. The summed E-state index contributed by atoms with van der Waals surface area (Å²) in [6.45, 7) is 8.93. The van der Waals surface area contributed by atoms with E-state index in [1.807, 2.05) is 57.2 Å². The first-order chi connectivity index (χ1) is 24.3. The van der Waals surface area contributed by atoms with E-state index in [1.54, 1.807) is 56.9 Å². The second-order valence-electron chi connectivity index (χ2n) is 14.2. The fourth-order valence-corrected chi connectivity index (χ4v) is 8.54. The fourth-order valence-electron chi connectivity index (χ4n) is 6.89. The van der Waals surface area contributed by atoms with Gasteiger partial charge in [-0.05, 0) is 81.1 Å². The van der Waals surface area contributed by atoms with Crippen molar-refractivity contribution < 1.29 is 36.9 Å². The summed E-state index contributed by atoms with van der Waals surface area (Å²) in [5.41, 5.74) is 3.02. The number of carbonyl (C=O) groups excluding carboxylic acids is 1. The van der Waals surface area contributed by atoms with Gasteiger partial charge in [-0.3, -0.25) is 0 Å². The predicted molar refractivity (Wildman–Crippen MR) is 197 cm³/mol. The lowest BCUT2D eigenvalue weighted by Gasteiger charge is -2.45. The number of benzene rings is 3. The molecular weight excluding hydrogens is 671 g/mol. The molecule has 3 aromatic rings. The van der Waals surface area contributed by atoms with Crippen LogP contribution in [0.1, 0.15) is 55.7 Å². The van der Waals surface area contributed by atoms with Gasteiger partial charge in [-0.1, -0.05) is 35.9 Å². The van der Waals surface area contributed by atoms with Gasteiger partial charge in [0.25, 0.3) is 0 Å². The van der Waals surface area contributed by atoms with Crippen molar-refractivity contribution in [2.45, 2.75) is 75.2 Å². The van der Waals surface area contributed by atoms with Gasteiger partial charge < -0.3 is 33.5 Å². The number of piperidine rings is 1. The van der Waals surface area contributed by atoms with Crippen LogP contribution in [0.15, 0.2) is 71.6 Å². The van der Waals surface area contributed by atoms with Crippen LogP contribution in [0.3, 0.4) is 0 Å². The van der Waals surface area contributed by atoms with Crippen LogP contribution < -0.4 is 14.4 Å². The molecule has 5 rings (SSSR count). The first-order valence-electron chi connectivity index (χ1n) is 17.6. The number of rotatable bonds is 14. The summed E-state index contributed by atoms with van der Waals surface area (Å²) in [5, 5.41) is 0. The summed E-state index contributed by atoms with van der Waals surface area (Å²) in [6, 6.07) is 20.4. The summed E-state index contributed by atoms with van der Waals surface area (Å²) < 4.78 is 59.9. The van der Waals surface area contributed by atoms with Gasteiger partial charge in [0.15, 0.2) is 0 Å². The lowest BCUT2D eigenvalue weighted by atomic mass is 9.81. The number of fused-ring (bicyclic) bond motifs is 1. The fraction of sp³-hybridized carbons (Fsp3) is 0.513. The zero-order chi connectivity index (χ0) is 36.8. The van der Waals surface area contributed by atoms with Gasteiger partial charge in [-0.2, -0.15) is 4.31 Å². The Morgan fingerprint density at radius 3 is 2.41 bits per heavy atom. The molecule has 0 aliphatic carbocycles. The third-order valence-corrected chi connectivity index (χ3v) is 11.5. The minimum Gasteiger partial charge on any atom is -0.497 e. The number of hydrogen-bond acceptors (Lipinski definition) is 9. The molecule has 0 N–H and O–H groups in total. The quantitative estimate of drug-likeness (QED) is 0.179. The van der Waals surface area contributed by atoms with Crippen LogP contribution in [-0.2, 0) is 30.8 Å². The van der Waals surface area contributed by atoms with E-state index in [2.05, 4.69) is 11.0 Å². The van der Waals surface area contributed by atoms with E-state index in [4.69, 9.17) is 23.7 Å². The second-order valence-corrected chi connectivity index (χ2v) is 16.1. The van der Waals surface area contributed by atoms with Crippen molar-refractivity contribution in [1.29, 1.82) is 0 Å². The molecule has 0 bridgehead atoms. The Labute approximate surface area is 303 Å². The zero-order valence-corrected chi connectivity index (χ0v) is 31.8. The van der Waals surface area contributed by atoms with E-state index in [9.17, 15) is 13.2 Å². The predicted octanol–water partition coefficient (Wildman–Crippen LogP) is 6.24. The van der Waals surface area contributed by atoms with Crippen molar-refractivity contribution in [3.8, 4) is 11.5 Å². The van der Waals surface area contributed by atoms with Gasteiger partial charge >= 0.3 is 6.09 Å². The molecule has 1 saturated heterocycles. The third kappa shape index (κ3) is 9.54. The number of aryl methyl sites for hydroxylation is 1. The maximum absolute atomic E-state index is 14.5. The summed E-state index contributed by atoms with van der Waals surface area (Å²) in [7, 11) is 2.64. The maximum atomic E-state index is 14.5. The summed E-state index contributed by atoms with van der Waals surface area (Å²) in [6.07, 6.45) is 0.688. The second kappa shape index (κ2) is 16.7. The highest BCUT2D eigenvalue weighted by Gasteiger charge is 2.45. The van der Waals surface area contributed by atoms with Gasteiger partial charge in [-0.25, -0.2) is 13.2 Å². The normalized spacial score (nSPS) is 19.6. The summed E-state index contributed by atoms with van der Waals surface area (Å²) >= 11 is 0. The van der Waals surface area contributed by atoms with Crippen molar-refractivity contribution in [3.63, 3.8) is 0 Å². The van der Waals surface area contributed by atoms with Crippen LogP contribution in [0.25, 0.3) is 0 Å². The summed E-state index contributed by atoms with van der Waals surface area (Å²) in [4.78, 5) is 16.6. The molecule has 1 fully saturated rings. The number of sulfonamides is 1. The van der Waals surface area contributed by atoms with E-state index >= 15 is 0 Å². The first kappa shape index (κ1) is 38.4. The highest BCUT2D eigenvalue weighted by atomic mass is 32.2. The molecule has 3 aromatic carbocycles. The standard InChI is InChI=1S/C39H53N3O8S/c1-28-9-16-33(17-10-28)51(44,45)42-26-37(49-27-29-11-18-36-35(23-29)41(20-22-48-36)19-8-21-46-6)34(30-12-14-32(47-7)15-13-30)24-31(42)25-39(2,3)50-38(43)40(4)5/h9-18,23,31,34,37H,8,19-22,24-27H2,1-7H3/t31-,34-,37+/m1/s1. The van der Waals surface area contributed by atoms with E-state index < -0.39 is 33.9 Å². The largest absolute Gasteiger partial charge is 0.497 e. The average Bonchev–Trinajstić information content (AvgIpc) is 3.10. The molecule has 0 radical (unpaired) electrons. The Morgan fingerprint density at radius 2 is 1.75 bits per heavy atom. The number of methoxy groups -OCH3 is 2. The maximum Gasteiger partial charge on any atom is 0.409 e. The first-order valence-corrected chi connectivity index (χ1v) is 19.0. The topological polar surface area (TPSA) is 107 Å². The zero-order valence-electron chi connectivity index (χ0n) is 31.0. The van der Waals surface area contributed by atoms with Crippen LogP contribution in [0, 0.1) is 6.92 Å². The van der Waals surface area contributed by atoms with Crippen molar-refractivity contribution in [2.24, 2.45) is 0 Å². The number of nitrogens with zero attached hydrogens (tertiary/aromatic N) is 3. The van der Waals surface area contributed by atoms with Gasteiger partial charge in [0, 0.05) is 59.3 Å². The van der Waals surface area contributed by atoms with Gasteiger partial charge in [0.1, 0.15) is 23.7 Å². The molecule has 1 amide bonds. The van der Waals surface area contributed by atoms with Crippen molar-refractivity contribution >= 4 is 21.8 Å². The van der Waals surface area contributed by atoms with Gasteiger partial charge in [0.05, 0.1) is 36.9 Å². The molecule has 278 valence electrons. The van der Waals surface area contributed by atoms with Crippen molar-refractivity contribution in [2.75, 3.05) is 66.1 Å². The van der Waals surface area contributed by atoms with Crippen molar-refractivity contribution in [1.82, 2.24) is 9.21 Å². The van der Waals surface area contributed by atoms with Gasteiger partial charge in [0.2, 0.25) is 10.0 Å². The van der Waals surface area contributed by atoms with E-state index in [1.165, 1.54) is 4.90 Å². The smallest absolute Gasteiger partial charge is 0.409 e. The molecule has 51 heavy (non-hydrogen) atoms. The molecule has 2 aliphatic rings. The van der Waals surface area contributed by atoms with Crippen LogP contribution in [0.4, 0.5) is 10.5 Å². The monoisotopic (exact) mass is 723 g/mol. The number of carbonyl (C=O) groups is 1. The van der Waals surface area contributed by atoms with Crippen LogP contribution in [0.2, 0.25) is 0 Å². The average molecular weight is 724 g/mol. The van der Waals surface area contributed by atoms with Crippen LogP contribution in [0.5, 0.6) is 11.5 Å². The molecule has 12 heteroatoms. The Kier molecular flexibility index (Phi) is 12.5. The summed E-state index contributed by atoms with van der Waals surface area (Å²) in [5.74, 6) is 1.42. The number of anilines is 1. The van der Waals surface area contributed by atoms with Crippen LogP contribution >= 0.6 is 0 Å². The number of ether oxygens (including phenoxy) is 5. The Hall–Kier alpha value is -3.84. The van der Waals surface area contributed by atoms with Crippen molar-refractivity contribution in [3.05, 3.63) is 83.4 Å². The van der Waals surface area contributed by atoms with Gasteiger partial charge in [-0.15, -0.1) is 0 Å². The van der Waals surface area contributed by atoms with Crippen LogP contribution in [-0.4, -0.2) is 103 Å². The van der Waals surface area contributed by atoms with E-state index in [0.717, 1.165) is 53.4 Å². The van der Waals surface area contributed by atoms with E-state index in [0.29, 0.717) is 26.1 Å². The molecule has 3 atom stereocenters. The molecule has 2 aliphatic heterocycles. The lowest BCUT2D eigenvalue weighted by molar-refractivity contribution is -0.0404. The molecule has 2 heterocycles. The lowest BCUT2D eigenvalue weighted by Crippen LogP contribution is -2.54. The third-order valence-electron chi connectivity index (χ3n) is 9.59. The molecule has 0 saturated carbocycles. The molecular formula is C39H53N3O8S. The Morgan fingerprint density at radius 1 is 1.02 bits per heavy atom. The Bertz CT molecular complexity index is 1710. The molecule has 0 spiro atoms. The highest BCUT2D eigenvalue weighted by Crippen LogP contribution is 2.41. The Balaban J connectivity index is 1.48. The highest BCUT2D eigenvalue weighted by molar-refractivity contribution is 7.89. The minimum atomic E-state index is -3.96. The number of hydrogen-bond donors (Lipinski definition) is 0. The van der Waals surface area contributed by atoms with E-state index in [-0.39, 0.29) is 24.0 Å². The molecule has 11 nitrogen and oxygen atoms in total. The molecule has 0 aromatic heterocycles. The molecule has 0 unspecified atom stereocenters. The minimum absolute atomic E-state index is 0.118. The number of amides is 1.